The van der Waals surface area contributed by atoms with Crippen LogP contribution in [0.25, 0.3) is 10.9 Å². The molecule has 3 rings (SSSR count). The summed E-state index contributed by atoms with van der Waals surface area (Å²) in [4.78, 5) is 4.28. The number of benzene rings is 2. The van der Waals surface area contributed by atoms with Crippen LogP contribution >= 0.6 is 0 Å². The fraction of sp³-hybridized carbons (Fsp3) is 0.118. The van der Waals surface area contributed by atoms with Crippen molar-refractivity contribution in [2.75, 3.05) is 6.61 Å². The Bertz CT molecular complexity index is 692. The van der Waals surface area contributed by atoms with Crippen molar-refractivity contribution in [3.63, 3.8) is 0 Å². The van der Waals surface area contributed by atoms with Gasteiger partial charge in [-0.05, 0) is 29.8 Å². The quantitative estimate of drug-likeness (QED) is 0.786. The number of hydrogen-bond donors (Lipinski definition) is 1. The first-order valence-corrected chi connectivity index (χ1v) is 6.54. The molecule has 0 aliphatic heterocycles. The molecule has 0 bridgehead atoms. The van der Waals surface area contributed by atoms with Gasteiger partial charge in [-0.15, -0.1) is 0 Å². The van der Waals surface area contributed by atoms with Crippen molar-refractivity contribution < 1.29 is 9.84 Å². The van der Waals surface area contributed by atoms with Crippen LogP contribution in [0, 0.1) is 0 Å². The van der Waals surface area contributed by atoms with E-state index in [0.29, 0.717) is 0 Å². The molecule has 0 fully saturated rings. The molecule has 3 heteroatoms. The highest BCUT2D eigenvalue weighted by molar-refractivity contribution is 5.84. The monoisotopic (exact) mass is 265 g/mol. The molecule has 0 aliphatic rings. The number of fused-ring (bicyclic) bond motifs is 1. The van der Waals surface area contributed by atoms with E-state index in [1.54, 1.807) is 6.20 Å². The molecule has 2 aromatic carbocycles. The summed E-state index contributed by atoms with van der Waals surface area (Å²) < 4.78 is 5.75. The van der Waals surface area contributed by atoms with E-state index in [4.69, 9.17) is 4.74 Å². The maximum absolute atomic E-state index is 10.1. The van der Waals surface area contributed by atoms with Crippen LogP contribution in [0.2, 0.25) is 0 Å². The van der Waals surface area contributed by atoms with E-state index >= 15 is 0 Å². The first kappa shape index (κ1) is 12.6. The Morgan fingerprint density at radius 3 is 2.65 bits per heavy atom. The van der Waals surface area contributed by atoms with Crippen molar-refractivity contribution >= 4 is 10.9 Å². The summed E-state index contributed by atoms with van der Waals surface area (Å²) in [6.07, 6.45) is 1.12. The normalized spacial score (nSPS) is 12.2. The number of rotatable bonds is 4. The number of aromatic nitrogens is 1. The number of ether oxygens (including phenoxy) is 1. The van der Waals surface area contributed by atoms with E-state index in [1.807, 2.05) is 60.7 Å². The standard InChI is InChI=1S/C17H15NO2/c19-16(13-6-2-1-3-7-13)12-20-17-10-4-9-15-14(17)8-5-11-18-15/h1-11,16,19H,12H2. The molecule has 3 nitrogen and oxygen atoms in total. The van der Waals surface area contributed by atoms with Gasteiger partial charge in [0.25, 0.3) is 0 Å². The lowest BCUT2D eigenvalue weighted by atomic mass is 10.1. The molecule has 1 heterocycles. The third-order valence-electron chi connectivity index (χ3n) is 3.19. The third-order valence-corrected chi connectivity index (χ3v) is 3.19. The van der Waals surface area contributed by atoms with Crippen molar-refractivity contribution in [1.82, 2.24) is 4.98 Å². The molecule has 1 atom stereocenters. The Labute approximate surface area is 117 Å². The molecule has 0 saturated carbocycles. The van der Waals surface area contributed by atoms with Crippen LogP contribution in [0.1, 0.15) is 11.7 Å². The van der Waals surface area contributed by atoms with Crippen LogP contribution in [-0.2, 0) is 0 Å². The van der Waals surface area contributed by atoms with Crippen molar-refractivity contribution in [2.45, 2.75) is 6.10 Å². The summed E-state index contributed by atoms with van der Waals surface area (Å²) in [5, 5.41) is 11.1. The van der Waals surface area contributed by atoms with Crippen LogP contribution in [0.3, 0.4) is 0 Å². The third kappa shape index (κ3) is 2.63. The summed E-state index contributed by atoms with van der Waals surface area (Å²) in [5.41, 5.74) is 1.74. The molecule has 1 aromatic heterocycles. The maximum Gasteiger partial charge on any atom is 0.128 e. The average molecular weight is 265 g/mol. The van der Waals surface area contributed by atoms with Gasteiger partial charge in [0.15, 0.2) is 0 Å². The number of hydrogen-bond acceptors (Lipinski definition) is 3. The molecule has 1 unspecified atom stereocenters. The summed E-state index contributed by atoms with van der Waals surface area (Å²) in [7, 11) is 0. The Morgan fingerprint density at radius 2 is 1.80 bits per heavy atom. The van der Waals surface area contributed by atoms with Gasteiger partial charge in [0.2, 0.25) is 0 Å². The van der Waals surface area contributed by atoms with E-state index in [9.17, 15) is 5.11 Å². The second-order valence-electron chi connectivity index (χ2n) is 4.56. The van der Waals surface area contributed by atoms with Crippen molar-refractivity contribution in [2.24, 2.45) is 0 Å². The minimum atomic E-state index is -0.636. The molecular weight excluding hydrogens is 250 g/mol. The van der Waals surface area contributed by atoms with Gasteiger partial charge in [0, 0.05) is 11.6 Å². The van der Waals surface area contributed by atoms with Gasteiger partial charge in [0.1, 0.15) is 18.5 Å². The molecular formula is C17H15NO2. The van der Waals surface area contributed by atoms with E-state index in [0.717, 1.165) is 22.2 Å². The Morgan fingerprint density at radius 1 is 0.950 bits per heavy atom. The molecule has 3 aromatic rings. The zero-order valence-electron chi connectivity index (χ0n) is 10.9. The van der Waals surface area contributed by atoms with Gasteiger partial charge in [-0.2, -0.15) is 0 Å². The van der Waals surface area contributed by atoms with E-state index in [-0.39, 0.29) is 6.61 Å². The molecule has 1 N–H and O–H groups in total. The zero-order valence-corrected chi connectivity index (χ0v) is 10.9. The second-order valence-corrected chi connectivity index (χ2v) is 4.56. The van der Waals surface area contributed by atoms with Crippen LogP contribution in [0.15, 0.2) is 66.9 Å². The van der Waals surface area contributed by atoms with Gasteiger partial charge in [0.05, 0.1) is 5.52 Å². The fourth-order valence-corrected chi connectivity index (χ4v) is 2.14. The summed E-state index contributed by atoms with van der Waals surface area (Å²) in [6.45, 7) is 0.220. The van der Waals surface area contributed by atoms with Crippen LogP contribution in [0.4, 0.5) is 0 Å². The van der Waals surface area contributed by atoms with Crippen molar-refractivity contribution in [3.8, 4) is 5.75 Å². The number of nitrogens with zero attached hydrogens (tertiary/aromatic N) is 1. The highest BCUT2D eigenvalue weighted by atomic mass is 16.5. The maximum atomic E-state index is 10.1. The van der Waals surface area contributed by atoms with E-state index in [2.05, 4.69) is 4.98 Å². The molecule has 0 radical (unpaired) electrons. The van der Waals surface area contributed by atoms with Gasteiger partial charge >= 0.3 is 0 Å². The molecule has 20 heavy (non-hydrogen) atoms. The smallest absolute Gasteiger partial charge is 0.128 e. The molecule has 0 aliphatic carbocycles. The van der Waals surface area contributed by atoms with Gasteiger partial charge in [-0.3, -0.25) is 4.98 Å². The highest BCUT2D eigenvalue weighted by Gasteiger charge is 2.09. The predicted octanol–water partition coefficient (Wildman–Crippen LogP) is 3.35. The van der Waals surface area contributed by atoms with Gasteiger partial charge in [-0.1, -0.05) is 36.4 Å². The highest BCUT2D eigenvalue weighted by Crippen LogP contribution is 2.25. The lowest BCUT2D eigenvalue weighted by Gasteiger charge is -2.13. The van der Waals surface area contributed by atoms with Crippen molar-refractivity contribution in [1.29, 1.82) is 0 Å². The topological polar surface area (TPSA) is 42.4 Å². The minimum absolute atomic E-state index is 0.220. The lowest BCUT2D eigenvalue weighted by molar-refractivity contribution is 0.109. The summed E-state index contributed by atoms with van der Waals surface area (Å²) >= 11 is 0. The van der Waals surface area contributed by atoms with Gasteiger partial charge < -0.3 is 9.84 Å². The zero-order chi connectivity index (χ0) is 13.8. The SMILES string of the molecule is OC(COc1cccc2ncccc12)c1ccccc1. The number of pyridine rings is 1. The Balaban J connectivity index is 1.77. The van der Waals surface area contributed by atoms with Gasteiger partial charge in [-0.25, -0.2) is 0 Å². The summed E-state index contributed by atoms with van der Waals surface area (Å²) in [5.74, 6) is 0.741. The van der Waals surface area contributed by atoms with E-state index < -0.39 is 6.10 Å². The molecule has 0 amide bonds. The number of aliphatic hydroxyl groups excluding tert-OH is 1. The number of aliphatic hydroxyl groups is 1. The van der Waals surface area contributed by atoms with Crippen LogP contribution in [-0.4, -0.2) is 16.7 Å². The van der Waals surface area contributed by atoms with Crippen molar-refractivity contribution in [3.05, 3.63) is 72.4 Å². The minimum Gasteiger partial charge on any atom is -0.490 e. The Kier molecular flexibility index (Phi) is 3.61. The second kappa shape index (κ2) is 5.72. The largest absolute Gasteiger partial charge is 0.490 e. The molecule has 0 spiro atoms. The van der Waals surface area contributed by atoms with Crippen LogP contribution < -0.4 is 4.74 Å². The first-order chi connectivity index (χ1) is 9.84. The molecule has 0 saturated heterocycles. The molecule has 100 valence electrons. The Hall–Kier alpha value is -2.39. The van der Waals surface area contributed by atoms with E-state index in [1.165, 1.54) is 0 Å². The summed E-state index contributed by atoms with van der Waals surface area (Å²) in [6, 6.07) is 19.1. The predicted molar refractivity (Wildman–Crippen MR) is 78.6 cm³/mol. The fourth-order valence-electron chi connectivity index (χ4n) is 2.14. The van der Waals surface area contributed by atoms with Crippen LogP contribution in [0.5, 0.6) is 5.75 Å². The lowest BCUT2D eigenvalue weighted by Crippen LogP contribution is -2.09. The average Bonchev–Trinajstić information content (AvgIpc) is 2.53. The first-order valence-electron chi connectivity index (χ1n) is 6.54.